The van der Waals surface area contributed by atoms with Gasteiger partial charge in [0.15, 0.2) is 0 Å². The molecule has 0 saturated heterocycles. The van der Waals surface area contributed by atoms with E-state index in [0.29, 0.717) is 6.54 Å². The zero-order valence-electron chi connectivity index (χ0n) is 12.7. The third-order valence-electron chi connectivity index (χ3n) is 4.19. The van der Waals surface area contributed by atoms with Gasteiger partial charge in [-0.25, -0.2) is 4.98 Å². The van der Waals surface area contributed by atoms with Crippen molar-refractivity contribution in [2.75, 3.05) is 0 Å². The van der Waals surface area contributed by atoms with E-state index in [2.05, 4.69) is 64.6 Å². The quantitative estimate of drug-likeness (QED) is 0.590. The smallest absolute Gasteiger partial charge is 0.137 e. The summed E-state index contributed by atoms with van der Waals surface area (Å²) in [6.07, 6.45) is 3.76. The minimum Gasteiger partial charge on any atom is -0.346 e. The van der Waals surface area contributed by atoms with E-state index in [1.165, 1.54) is 22.3 Å². The first-order valence-corrected chi connectivity index (χ1v) is 7.68. The number of nitrogens with one attached hydrogen (secondary N) is 1. The van der Waals surface area contributed by atoms with Gasteiger partial charge in [-0.05, 0) is 46.0 Å². The topological polar surface area (TPSA) is 54.7 Å². The van der Waals surface area contributed by atoms with Crippen LogP contribution in [0.4, 0.5) is 0 Å². The molecule has 4 aromatic rings. The second-order valence-electron chi connectivity index (χ2n) is 5.54. The summed E-state index contributed by atoms with van der Waals surface area (Å²) in [6.45, 7) is 0.528. The van der Waals surface area contributed by atoms with Gasteiger partial charge in [0.2, 0.25) is 0 Å². The van der Waals surface area contributed by atoms with Gasteiger partial charge in [0.1, 0.15) is 5.65 Å². The molecular weight excluding hydrogens is 282 g/mol. The third kappa shape index (κ3) is 2.41. The lowest BCUT2D eigenvalue weighted by molar-refractivity contribution is 1.07. The lowest BCUT2D eigenvalue weighted by Gasteiger charge is -2.12. The number of pyridine rings is 1. The average molecular weight is 299 g/mol. The van der Waals surface area contributed by atoms with Crippen LogP contribution in [0.2, 0.25) is 0 Å². The van der Waals surface area contributed by atoms with Gasteiger partial charge in [-0.1, -0.05) is 42.5 Å². The number of nitrogens with zero attached hydrogens (tertiary/aromatic N) is 1. The zero-order chi connectivity index (χ0) is 15.6. The maximum atomic E-state index is 5.94. The van der Waals surface area contributed by atoms with E-state index in [9.17, 15) is 0 Å². The van der Waals surface area contributed by atoms with Crippen LogP contribution in [0.3, 0.4) is 0 Å². The normalized spacial score (nSPS) is 11.0. The Morgan fingerprint density at radius 3 is 2.57 bits per heavy atom. The number of aromatic amines is 1. The maximum absolute atomic E-state index is 5.94. The van der Waals surface area contributed by atoms with Crippen molar-refractivity contribution in [3.8, 4) is 22.3 Å². The van der Waals surface area contributed by atoms with Gasteiger partial charge in [-0.3, -0.25) is 0 Å². The fraction of sp³-hybridized carbons (Fsp3) is 0.0500. The van der Waals surface area contributed by atoms with Crippen molar-refractivity contribution in [1.29, 1.82) is 0 Å². The molecule has 2 aromatic heterocycles. The van der Waals surface area contributed by atoms with Crippen LogP contribution in [0.1, 0.15) is 5.56 Å². The SMILES string of the molecule is NCc1ccc(-c2ccnc3[nH]ccc23)cc1-c1ccccc1. The van der Waals surface area contributed by atoms with Gasteiger partial charge in [-0.2, -0.15) is 0 Å². The number of hydrogen-bond donors (Lipinski definition) is 2. The van der Waals surface area contributed by atoms with Crippen LogP contribution in [0.5, 0.6) is 0 Å². The molecule has 0 aliphatic rings. The molecule has 0 amide bonds. The summed E-state index contributed by atoms with van der Waals surface area (Å²) in [5.74, 6) is 0. The van der Waals surface area contributed by atoms with Crippen molar-refractivity contribution < 1.29 is 0 Å². The van der Waals surface area contributed by atoms with Gasteiger partial charge >= 0.3 is 0 Å². The highest BCUT2D eigenvalue weighted by Crippen LogP contribution is 2.32. The van der Waals surface area contributed by atoms with Crippen LogP contribution in [0, 0.1) is 0 Å². The molecule has 2 aromatic carbocycles. The molecule has 3 nitrogen and oxygen atoms in total. The lowest BCUT2D eigenvalue weighted by Crippen LogP contribution is -1.99. The Labute approximate surface area is 134 Å². The molecule has 0 atom stereocenters. The molecule has 3 heteroatoms. The number of aromatic nitrogens is 2. The molecule has 0 saturated carbocycles. The summed E-state index contributed by atoms with van der Waals surface area (Å²) in [5, 5.41) is 1.13. The Kier molecular flexibility index (Phi) is 3.41. The highest BCUT2D eigenvalue weighted by atomic mass is 14.8. The molecule has 0 aliphatic carbocycles. The molecule has 2 heterocycles. The van der Waals surface area contributed by atoms with Crippen molar-refractivity contribution >= 4 is 11.0 Å². The number of fused-ring (bicyclic) bond motifs is 1. The Morgan fingerprint density at radius 2 is 1.74 bits per heavy atom. The van der Waals surface area contributed by atoms with E-state index >= 15 is 0 Å². The van der Waals surface area contributed by atoms with Crippen LogP contribution in [0.15, 0.2) is 73.1 Å². The molecule has 112 valence electrons. The summed E-state index contributed by atoms with van der Waals surface area (Å²) in [5.41, 5.74) is 12.7. The highest BCUT2D eigenvalue weighted by molar-refractivity contribution is 5.93. The lowest BCUT2D eigenvalue weighted by atomic mass is 9.94. The molecule has 0 spiro atoms. The zero-order valence-corrected chi connectivity index (χ0v) is 12.7. The molecule has 0 fully saturated rings. The predicted octanol–water partition coefficient (Wildman–Crippen LogP) is 4.36. The van der Waals surface area contributed by atoms with E-state index in [0.717, 1.165) is 16.6 Å². The van der Waals surface area contributed by atoms with Gasteiger partial charge in [-0.15, -0.1) is 0 Å². The summed E-state index contributed by atoms with van der Waals surface area (Å²) in [4.78, 5) is 7.53. The number of H-pyrrole nitrogens is 1. The minimum atomic E-state index is 0.528. The van der Waals surface area contributed by atoms with Crippen LogP contribution >= 0.6 is 0 Å². The van der Waals surface area contributed by atoms with Gasteiger partial charge < -0.3 is 10.7 Å². The first-order valence-electron chi connectivity index (χ1n) is 7.68. The minimum absolute atomic E-state index is 0.528. The molecule has 23 heavy (non-hydrogen) atoms. The second kappa shape index (κ2) is 5.71. The largest absolute Gasteiger partial charge is 0.346 e. The molecule has 3 N–H and O–H groups in total. The van der Waals surface area contributed by atoms with E-state index in [4.69, 9.17) is 5.73 Å². The fourth-order valence-electron chi connectivity index (χ4n) is 3.02. The van der Waals surface area contributed by atoms with E-state index in [1.807, 2.05) is 18.5 Å². The first-order chi connectivity index (χ1) is 11.4. The number of hydrogen-bond acceptors (Lipinski definition) is 2. The van der Waals surface area contributed by atoms with E-state index < -0.39 is 0 Å². The summed E-state index contributed by atoms with van der Waals surface area (Å²) >= 11 is 0. The molecule has 0 radical (unpaired) electrons. The number of rotatable bonds is 3. The van der Waals surface area contributed by atoms with Crippen LogP contribution in [-0.4, -0.2) is 9.97 Å². The van der Waals surface area contributed by atoms with Crippen LogP contribution < -0.4 is 5.73 Å². The summed E-state index contributed by atoms with van der Waals surface area (Å²) in [7, 11) is 0. The van der Waals surface area contributed by atoms with Crippen molar-refractivity contribution in [3.63, 3.8) is 0 Å². The number of nitrogens with two attached hydrogens (primary N) is 1. The Balaban J connectivity index is 1.93. The van der Waals surface area contributed by atoms with Gasteiger partial charge in [0, 0.05) is 24.3 Å². The Hall–Kier alpha value is -2.91. The molecule has 0 aliphatic heterocycles. The molecular formula is C20H17N3. The third-order valence-corrected chi connectivity index (χ3v) is 4.19. The summed E-state index contributed by atoms with van der Waals surface area (Å²) in [6, 6.07) is 21.0. The average Bonchev–Trinajstić information content (AvgIpc) is 3.10. The van der Waals surface area contributed by atoms with Crippen molar-refractivity contribution in [2.24, 2.45) is 5.73 Å². The van der Waals surface area contributed by atoms with Crippen LogP contribution in [0.25, 0.3) is 33.3 Å². The van der Waals surface area contributed by atoms with E-state index in [-0.39, 0.29) is 0 Å². The molecule has 4 rings (SSSR count). The van der Waals surface area contributed by atoms with E-state index in [1.54, 1.807) is 0 Å². The van der Waals surface area contributed by atoms with Crippen molar-refractivity contribution in [1.82, 2.24) is 9.97 Å². The standard InChI is InChI=1S/C20H17N3/c21-13-16-7-6-15(12-19(16)14-4-2-1-3-5-14)17-8-10-22-20-18(17)9-11-23-20/h1-12H,13,21H2,(H,22,23). The fourth-order valence-corrected chi connectivity index (χ4v) is 3.02. The van der Waals surface area contributed by atoms with Crippen molar-refractivity contribution in [2.45, 2.75) is 6.54 Å². The highest BCUT2D eigenvalue weighted by Gasteiger charge is 2.09. The monoisotopic (exact) mass is 299 g/mol. The number of benzene rings is 2. The Morgan fingerprint density at radius 1 is 0.870 bits per heavy atom. The van der Waals surface area contributed by atoms with Crippen LogP contribution in [-0.2, 0) is 6.54 Å². The van der Waals surface area contributed by atoms with Gasteiger partial charge in [0.25, 0.3) is 0 Å². The molecule has 0 bridgehead atoms. The second-order valence-corrected chi connectivity index (χ2v) is 5.54. The summed E-state index contributed by atoms with van der Waals surface area (Å²) < 4.78 is 0. The molecule has 0 unspecified atom stereocenters. The van der Waals surface area contributed by atoms with Gasteiger partial charge in [0.05, 0.1) is 0 Å². The Bertz CT molecular complexity index is 955. The maximum Gasteiger partial charge on any atom is 0.137 e. The first kappa shape index (κ1) is 13.7. The van der Waals surface area contributed by atoms with Crippen molar-refractivity contribution in [3.05, 3.63) is 78.6 Å². The predicted molar refractivity (Wildman–Crippen MR) is 94.9 cm³/mol.